The molecule has 4 aromatic rings. The molecule has 0 saturated heterocycles. The Hall–Kier alpha value is -4.18. The van der Waals surface area contributed by atoms with Crippen molar-refractivity contribution in [3.05, 3.63) is 119 Å². The Morgan fingerprint density at radius 3 is 2.24 bits per heavy atom. The number of aliphatic imine (C=N–C) groups is 1. The first-order valence-electron chi connectivity index (χ1n) is 11.7. The van der Waals surface area contributed by atoms with Crippen molar-refractivity contribution in [2.75, 3.05) is 23.4 Å². The highest BCUT2D eigenvalue weighted by molar-refractivity contribution is 6.19. The predicted molar refractivity (Wildman–Crippen MR) is 137 cm³/mol. The molecule has 0 bridgehead atoms. The predicted octanol–water partition coefficient (Wildman–Crippen LogP) is 5.40. The first-order valence-corrected chi connectivity index (χ1v) is 11.7. The Morgan fingerprint density at radius 2 is 1.41 bits per heavy atom. The molecule has 4 heteroatoms. The maximum atomic E-state index is 14.0. The van der Waals surface area contributed by atoms with Gasteiger partial charge in [-0.05, 0) is 29.2 Å². The molecule has 0 N–H and O–H groups in total. The smallest absolute Gasteiger partial charge is 0.264 e. The Kier molecular flexibility index (Phi) is 3.92. The van der Waals surface area contributed by atoms with Crippen molar-refractivity contribution in [1.29, 1.82) is 0 Å². The summed E-state index contributed by atoms with van der Waals surface area (Å²) in [4.78, 5) is 23.4. The van der Waals surface area contributed by atoms with Crippen LogP contribution in [0.3, 0.4) is 0 Å². The molecule has 164 valence electrons. The summed E-state index contributed by atoms with van der Waals surface area (Å²) in [5.74, 6) is 0.877. The van der Waals surface area contributed by atoms with Gasteiger partial charge in [0.2, 0.25) is 0 Å². The second kappa shape index (κ2) is 6.91. The molecule has 4 nitrogen and oxygen atoms in total. The van der Waals surface area contributed by atoms with Crippen molar-refractivity contribution in [2.24, 2.45) is 4.99 Å². The summed E-state index contributed by atoms with van der Waals surface area (Å²) in [6.07, 6.45) is 0.950. The molecule has 0 saturated carbocycles. The average Bonchev–Trinajstić information content (AvgIpc) is 3.42. The van der Waals surface area contributed by atoms with Crippen LogP contribution in [-0.4, -0.2) is 25.3 Å². The number of benzene rings is 4. The van der Waals surface area contributed by atoms with E-state index >= 15 is 0 Å². The minimum Gasteiger partial charge on any atom is -0.325 e. The van der Waals surface area contributed by atoms with Gasteiger partial charge in [-0.1, -0.05) is 91.0 Å². The fourth-order valence-electron chi connectivity index (χ4n) is 5.81. The molecule has 0 radical (unpaired) electrons. The largest absolute Gasteiger partial charge is 0.325 e. The van der Waals surface area contributed by atoms with Gasteiger partial charge in [-0.25, -0.2) is 4.99 Å². The van der Waals surface area contributed by atoms with Crippen molar-refractivity contribution >= 4 is 23.1 Å². The van der Waals surface area contributed by atoms with Gasteiger partial charge in [0, 0.05) is 36.0 Å². The first kappa shape index (κ1) is 19.3. The van der Waals surface area contributed by atoms with E-state index in [9.17, 15) is 4.79 Å². The lowest BCUT2D eigenvalue weighted by Crippen LogP contribution is -2.46. The fraction of sp³-hybridized carbons (Fsp3) is 0.133. The van der Waals surface area contributed by atoms with Gasteiger partial charge in [0.15, 0.2) is 5.54 Å². The first-order chi connectivity index (χ1) is 16.7. The summed E-state index contributed by atoms with van der Waals surface area (Å²) in [5.41, 5.74) is 7.65. The summed E-state index contributed by atoms with van der Waals surface area (Å²) in [7, 11) is 1.86. The molecule has 3 aliphatic rings. The van der Waals surface area contributed by atoms with Gasteiger partial charge in [-0.15, -0.1) is 0 Å². The zero-order chi connectivity index (χ0) is 22.9. The standard InChI is InChI=1S/C30H23N3O/c1-32-26-13-6-5-11-24(26)30(29(32)34)25-12-7-10-22-18-19-33(27(22)25)28(31-30)23-16-14-21(15-17-23)20-8-3-2-4-9-20/h2-17H,18-19H2,1H3. The third kappa shape index (κ3) is 2.43. The number of para-hydroxylation sites is 2. The van der Waals surface area contributed by atoms with Crippen LogP contribution >= 0.6 is 0 Å². The van der Waals surface area contributed by atoms with E-state index < -0.39 is 5.54 Å². The van der Waals surface area contributed by atoms with Crippen LogP contribution < -0.4 is 9.80 Å². The number of hydrogen-bond acceptors (Lipinski definition) is 3. The van der Waals surface area contributed by atoms with Gasteiger partial charge < -0.3 is 9.80 Å². The number of likely N-dealkylation sites (N-methyl/N-ethyl adjacent to an activating group) is 1. The number of rotatable bonds is 2. The van der Waals surface area contributed by atoms with Crippen molar-refractivity contribution < 1.29 is 4.79 Å². The van der Waals surface area contributed by atoms with Crippen molar-refractivity contribution in [3.63, 3.8) is 0 Å². The van der Waals surface area contributed by atoms with Crippen LogP contribution in [0.4, 0.5) is 11.4 Å². The van der Waals surface area contributed by atoms with Gasteiger partial charge in [0.25, 0.3) is 5.91 Å². The van der Waals surface area contributed by atoms with E-state index in [0.717, 1.165) is 46.9 Å². The maximum absolute atomic E-state index is 14.0. The third-order valence-electron chi connectivity index (χ3n) is 7.43. The molecule has 0 fully saturated rings. The Balaban J connectivity index is 1.46. The second-order valence-corrected chi connectivity index (χ2v) is 9.19. The minimum absolute atomic E-state index is 0.00653. The van der Waals surface area contributed by atoms with E-state index in [-0.39, 0.29) is 5.91 Å². The van der Waals surface area contributed by atoms with Gasteiger partial charge in [-0.3, -0.25) is 4.79 Å². The van der Waals surface area contributed by atoms with E-state index in [4.69, 9.17) is 4.99 Å². The van der Waals surface area contributed by atoms with Gasteiger partial charge in [-0.2, -0.15) is 0 Å². The number of carbonyl (C=O) groups excluding carboxylic acids is 1. The van der Waals surface area contributed by atoms with Crippen LogP contribution in [0.1, 0.15) is 22.3 Å². The molecule has 0 aliphatic carbocycles. The van der Waals surface area contributed by atoms with E-state index in [0.29, 0.717) is 0 Å². The lowest BCUT2D eigenvalue weighted by molar-refractivity contribution is -0.121. The number of amidine groups is 1. The maximum Gasteiger partial charge on any atom is 0.264 e. The zero-order valence-electron chi connectivity index (χ0n) is 18.9. The van der Waals surface area contributed by atoms with E-state index in [2.05, 4.69) is 77.7 Å². The molecule has 1 spiro atoms. The SMILES string of the molecule is CN1C(=O)C2(N=C(c3ccc(-c4ccccc4)cc3)N3CCc4cccc2c43)c2ccccc21. The zero-order valence-corrected chi connectivity index (χ0v) is 18.9. The Labute approximate surface area is 198 Å². The third-order valence-corrected chi connectivity index (χ3v) is 7.43. The molecule has 0 aromatic heterocycles. The summed E-state index contributed by atoms with van der Waals surface area (Å²) < 4.78 is 0. The van der Waals surface area contributed by atoms with Crippen LogP contribution in [0, 0.1) is 0 Å². The topological polar surface area (TPSA) is 35.9 Å². The molecular weight excluding hydrogens is 418 g/mol. The average molecular weight is 442 g/mol. The van der Waals surface area contributed by atoms with Crippen molar-refractivity contribution in [3.8, 4) is 11.1 Å². The number of carbonyl (C=O) groups is 1. The highest BCUT2D eigenvalue weighted by Gasteiger charge is 2.56. The molecule has 4 aromatic carbocycles. The number of fused-ring (bicyclic) bond motifs is 3. The monoisotopic (exact) mass is 441 g/mol. The van der Waals surface area contributed by atoms with E-state index in [1.54, 1.807) is 4.90 Å². The highest BCUT2D eigenvalue weighted by Crippen LogP contribution is 2.53. The number of nitrogens with zero attached hydrogens (tertiary/aromatic N) is 3. The van der Waals surface area contributed by atoms with Gasteiger partial charge >= 0.3 is 0 Å². The number of anilines is 2. The normalized spacial score (nSPS) is 19.9. The van der Waals surface area contributed by atoms with Crippen LogP contribution in [0.25, 0.3) is 11.1 Å². The molecular formula is C30H23N3O. The molecule has 1 atom stereocenters. The molecule has 3 heterocycles. The minimum atomic E-state index is -1.05. The number of hydrogen-bond donors (Lipinski definition) is 0. The van der Waals surface area contributed by atoms with E-state index in [1.165, 1.54) is 16.7 Å². The molecule has 1 amide bonds. The lowest BCUT2D eigenvalue weighted by Gasteiger charge is -2.37. The van der Waals surface area contributed by atoms with Crippen LogP contribution in [0.2, 0.25) is 0 Å². The Bertz CT molecular complexity index is 1490. The van der Waals surface area contributed by atoms with Crippen LogP contribution in [0.5, 0.6) is 0 Å². The van der Waals surface area contributed by atoms with Gasteiger partial charge in [0.05, 0.1) is 5.69 Å². The summed E-state index contributed by atoms with van der Waals surface area (Å²) in [6.45, 7) is 0.868. The summed E-state index contributed by atoms with van der Waals surface area (Å²) >= 11 is 0. The lowest BCUT2D eigenvalue weighted by atomic mass is 9.81. The highest BCUT2D eigenvalue weighted by atomic mass is 16.2. The summed E-state index contributed by atoms with van der Waals surface area (Å²) in [6, 6.07) is 33.4. The Morgan fingerprint density at radius 1 is 0.735 bits per heavy atom. The quantitative estimate of drug-likeness (QED) is 0.418. The molecule has 7 rings (SSSR count). The fourth-order valence-corrected chi connectivity index (χ4v) is 5.81. The van der Waals surface area contributed by atoms with E-state index in [1.807, 2.05) is 31.3 Å². The summed E-state index contributed by atoms with van der Waals surface area (Å²) in [5, 5.41) is 0. The second-order valence-electron chi connectivity index (χ2n) is 9.19. The molecule has 1 unspecified atom stereocenters. The molecule has 3 aliphatic heterocycles. The van der Waals surface area contributed by atoms with Crippen molar-refractivity contribution in [2.45, 2.75) is 12.0 Å². The molecule has 34 heavy (non-hydrogen) atoms. The number of amides is 1. The van der Waals surface area contributed by atoms with Gasteiger partial charge in [0.1, 0.15) is 5.84 Å². The van der Waals surface area contributed by atoms with Crippen molar-refractivity contribution in [1.82, 2.24) is 0 Å². The van der Waals surface area contributed by atoms with Crippen LogP contribution in [0.15, 0.2) is 102 Å². The van der Waals surface area contributed by atoms with Crippen LogP contribution in [-0.2, 0) is 16.8 Å².